The zero-order chi connectivity index (χ0) is 11.0. The average molecular weight is 204 g/mol. The lowest BCUT2D eigenvalue weighted by molar-refractivity contribution is 0.153. The molecule has 3 N–H and O–H groups in total. The Hall–Kier alpha value is -1.32. The molecule has 0 aliphatic carbocycles. The smallest absolute Gasteiger partial charge is 0.0938 e. The summed E-state index contributed by atoms with van der Waals surface area (Å²) in [5.74, 6) is 0. The summed E-state index contributed by atoms with van der Waals surface area (Å²) in [5, 5.41) is 11.0. The summed E-state index contributed by atoms with van der Waals surface area (Å²) in [6.45, 7) is 1.81. The van der Waals surface area contributed by atoms with Crippen LogP contribution in [0.3, 0.4) is 0 Å². The van der Waals surface area contributed by atoms with Crippen LogP contribution in [0.4, 0.5) is 0 Å². The van der Waals surface area contributed by atoms with E-state index in [9.17, 15) is 5.11 Å². The van der Waals surface area contributed by atoms with E-state index in [1.807, 2.05) is 37.5 Å². The van der Waals surface area contributed by atoms with Crippen LogP contribution in [0.25, 0.3) is 10.9 Å². The topological polar surface area (TPSA) is 51.2 Å². The molecule has 2 unspecified atom stereocenters. The van der Waals surface area contributed by atoms with Crippen LogP contribution in [0.15, 0.2) is 30.5 Å². The van der Waals surface area contributed by atoms with Gasteiger partial charge in [0.2, 0.25) is 0 Å². The zero-order valence-corrected chi connectivity index (χ0v) is 9.01. The van der Waals surface area contributed by atoms with Gasteiger partial charge in [0.15, 0.2) is 0 Å². The van der Waals surface area contributed by atoms with Crippen LogP contribution in [0.1, 0.15) is 18.6 Å². The standard InChI is InChI=1S/C12H16N2O/c1-8(13)12(15)10-3-4-11-9(7-10)5-6-14(11)2/h3-8,12,15H,13H2,1-2H3. The quantitative estimate of drug-likeness (QED) is 0.780. The second kappa shape index (κ2) is 3.68. The number of benzene rings is 1. The zero-order valence-electron chi connectivity index (χ0n) is 9.01. The van der Waals surface area contributed by atoms with Gasteiger partial charge in [0.1, 0.15) is 0 Å². The number of nitrogens with two attached hydrogens (primary N) is 1. The Morgan fingerprint density at radius 2 is 2.07 bits per heavy atom. The Kier molecular flexibility index (Phi) is 2.50. The number of rotatable bonds is 2. The fourth-order valence-corrected chi connectivity index (χ4v) is 1.79. The molecule has 0 saturated heterocycles. The van der Waals surface area contributed by atoms with Crippen molar-refractivity contribution in [1.82, 2.24) is 4.57 Å². The van der Waals surface area contributed by atoms with E-state index in [0.717, 1.165) is 16.5 Å². The Morgan fingerprint density at radius 3 is 2.73 bits per heavy atom. The molecule has 0 radical (unpaired) electrons. The van der Waals surface area contributed by atoms with Crippen LogP contribution in [-0.4, -0.2) is 15.7 Å². The molecule has 15 heavy (non-hydrogen) atoms. The lowest BCUT2D eigenvalue weighted by Crippen LogP contribution is -2.24. The first-order chi connectivity index (χ1) is 7.09. The maximum Gasteiger partial charge on any atom is 0.0938 e. The monoisotopic (exact) mass is 204 g/mol. The fraction of sp³-hybridized carbons (Fsp3) is 0.333. The normalized spacial score (nSPS) is 15.5. The molecule has 80 valence electrons. The van der Waals surface area contributed by atoms with Gasteiger partial charge in [-0.3, -0.25) is 0 Å². The number of hydrogen-bond donors (Lipinski definition) is 2. The van der Waals surface area contributed by atoms with Gasteiger partial charge in [0.25, 0.3) is 0 Å². The second-order valence-corrected chi connectivity index (χ2v) is 4.05. The molecule has 0 bridgehead atoms. The van der Waals surface area contributed by atoms with Crippen molar-refractivity contribution in [2.24, 2.45) is 12.8 Å². The van der Waals surface area contributed by atoms with Crippen molar-refractivity contribution in [3.63, 3.8) is 0 Å². The number of aliphatic hydroxyl groups is 1. The Labute approximate surface area is 89.1 Å². The minimum absolute atomic E-state index is 0.244. The molecule has 0 saturated carbocycles. The van der Waals surface area contributed by atoms with Crippen molar-refractivity contribution in [3.05, 3.63) is 36.0 Å². The van der Waals surface area contributed by atoms with Gasteiger partial charge < -0.3 is 15.4 Å². The third kappa shape index (κ3) is 1.76. The van der Waals surface area contributed by atoms with Gasteiger partial charge in [-0.25, -0.2) is 0 Å². The molecule has 3 nitrogen and oxygen atoms in total. The fourth-order valence-electron chi connectivity index (χ4n) is 1.79. The van der Waals surface area contributed by atoms with Crippen molar-refractivity contribution < 1.29 is 5.11 Å². The van der Waals surface area contributed by atoms with Crippen LogP contribution in [0, 0.1) is 0 Å². The van der Waals surface area contributed by atoms with Gasteiger partial charge in [-0.05, 0) is 36.1 Å². The van der Waals surface area contributed by atoms with Crippen molar-refractivity contribution in [1.29, 1.82) is 0 Å². The third-order valence-electron chi connectivity index (χ3n) is 2.75. The summed E-state index contributed by atoms with van der Waals surface area (Å²) in [7, 11) is 2.00. The minimum Gasteiger partial charge on any atom is -0.387 e. The van der Waals surface area contributed by atoms with Crippen molar-refractivity contribution in [3.8, 4) is 0 Å². The molecule has 0 aliphatic heterocycles. The van der Waals surface area contributed by atoms with Gasteiger partial charge in [0, 0.05) is 24.8 Å². The summed E-state index contributed by atoms with van der Waals surface area (Å²) in [6.07, 6.45) is 1.42. The summed E-state index contributed by atoms with van der Waals surface area (Å²) in [4.78, 5) is 0. The third-order valence-corrected chi connectivity index (χ3v) is 2.75. The maximum absolute atomic E-state index is 9.83. The molecule has 2 rings (SSSR count). The van der Waals surface area contributed by atoms with Gasteiger partial charge in [-0.15, -0.1) is 0 Å². The first-order valence-electron chi connectivity index (χ1n) is 5.08. The lowest BCUT2D eigenvalue weighted by atomic mass is 10.0. The van der Waals surface area contributed by atoms with Crippen LogP contribution in [0.5, 0.6) is 0 Å². The Balaban J connectivity index is 2.47. The Morgan fingerprint density at radius 1 is 1.33 bits per heavy atom. The summed E-state index contributed by atoms with van der Waals surface area (Å²) in [6, 6.07) is 7.72. The van der Waals surface area contributed by atoms with Crippen molar-refractivity contribution >= 4 is 10.9 Å². The lowest BCUT2D eigenvalue weighted by Gasteiger charge is -2.14. The number of nitrogens with zero attached hydrogens (tertiary/aromatic N) is 1. The highest BCUT2D eigenvalue weighted by molar-refractivity contribution is 5.80. The molecule has 0 spiro atoms. The number of fused-ring (bicyclic) bond motifs is 1. The molecule has 1 aromatic heterocycles. The number of aliphatic hydroxyl groups excluding tert-OH is 1. The molecule has 2 aromatic rings. The summed E-state index contributed by atoms with van der Waals surface area (Å²) < 4.78 is 2.05. The molecular formula is C12H16N2O. The highest BCUT2D eigenvalue weighted by Crippen LogP contribution is 2.22. The predicted molar refractivity (Wildman–Crippen MR) is 61.5 cm³/mol. The molecule has 1 aromatic carbocycles. The van der Waals surface area contributed by atoms with E-state index in [0.29, 0.717) is 0 Å². The molecular weight excluding hydrogens is 188 g/mol. The largest absolute Gasteiger partial charge is 0.387 e. The van der Waals surface area contributed by atoms with E-state index >= 15 is 0 Å². The molecule has 1 heterocycles. The molecule has 2 atom stereocenters. The van der Waals surface area contributed by atoms with E-state index < -0.39 is 6.10 Å². The number of aromatic nitrogens is 1. The SMILES string of the molecule is CC(N)C(O)c1ccc2c(ccn2C)c1. The molecule has 0 amide bonds. The van der Waals surface area contributed by atoms with Crippen LogP contribution >= 0.6 is 0 Å². The second-order valence-electron chi connectivity index (χ2n) is 4.05. The number of hydrogen-bond acceptors (Lipinski definition) is 2. The van der Waals surface area contributed by atoms with Crippen LogP contribution < -0.4 is 5.73 Å². The summed E-state index contributed by atoms with van der Waals surface area (Å²) in [5.41, 5.74) is 7.70. The van der Waals surface area contributed by atoms with Gasteiger partial charge in [0.05, 0.1) is 6.10 Å². The van der Waals surface area contributed by atoms with Gasteiger partial charge in [-0.2, -0.15) is 0 Å². The van der Waals surface area contributed by atoms with Crippen molar-refractivity contribution in [2.45, 2.75) is 19.1 Å². The van der Waals surface area contributed by atoms with Gasteiger partial charge in [-0.1, -0.05) is 6.07 Å². The average Bonchev–Trinajstić information content (AvgIpc) is 2.59. The Bertz CT molecular complexity index is 473. The van der Waals surface area contributed by atoms with Gasteiger partial charge >= 0.3 is 0 Å². The summed E-state index contributed by atoms with van der Waals surface area (Å²) >= 11 is 0. The first-order valence-corrected chi connectivity index (χ1v) is 5.08. The van der Waals surface area contributed by atoms with E-state index in [2.05, 4.69) is 4.57 Å². The number of aryl methyl sites for hydroxylation is 1. The van der Waals surface area contributed by atoms with Crippen LogP contribution in [0.2, 0.25) is 0 Å². The van der Waals surface area contributed by atoms with Crippen LogP contribution in [-0.2, 0) is 7.05 Å². The predicted octanol–water partition coefficient (Wildman–Crippen LogP) is 1.56. The maximum atomic E-state index is 9.83. The first kappa shape index (κ1) is 10.2. The van der Waals surface area contributed by atoms with E-state index in [4.69, 9.17) is 5.73 Å². The minimum atomic E-state index is -0.588. The molecule has 0 aliphatic rings. The molecule has 3 heteroatoms. The van der Waals surface area contributed by atoms with E-state index in [-0.39, 0.29) is 6.04 Å². The van der Waals surface area contributed by atoms with Crippen molar-refractivity contribution in [2.75, 3.05) is 0 Å². The highest BCUT2D eigenvalue weighted by atomic mass is 16.3. The van der Waals surface area contributed by atoms with E-state index in [1.165, 1.54) is 0 Å². The molecule has 0 fully saturated rings. The van der Waals surface area contributed by atoms with E-state index in [1.54, 1.807) is 6.92 Å². The highest BCUT2D eigenvalue weighted by Gasteiger charge is 2.12.